The van der Waals surface area contributed by atoms with Gasteiger partial charge in [-0.2, -0.15) is 0 Å². The van der Waals surface area contributed by atoms with Gasteiger partial charge in [0, 0.05) is 24.2 Å². The highest BCUT2D eigenvalue weighted by atomic mass is 16.4. The molecule has 1 fully saturated rings. The Morgan fingerprint density at radius 2 is 2.05 bits per heavy atom. The van der Waals surface area contributed by atoms with E-state index in [1.807, 2.05) is 0 Å². The van der Waals surface area contributed by atoms with E-state index in [0.717, 1.165) is 4.90 Å². The van der Waals surface area contributed by atoms with Gasteiger partial charge in [0.1, 0.15) is 6.04 Å². The van der Waals surface area contributed by atoms with Crippen LogP contribution in [0, 0.1) is 0 Å². The summed E-state index contributed by atoms with van der Waals surface area (Å²) in [7, 11) is 0. The topological polar surface area (TPSA) is 133 Å². The van der Waals surface area contributed by atoms with Gasteiger partial charge in [-0.15, -0.1) is 0 Å². The van der Waals surface area contributed by atoms with Crippen LogP contribution in [0.5, 0.6) is 0 Å². The lowest BCUT2D eigenvalue weighted by Crippen LogP contribution is -2.43. The molecule has 0 aliphatic carbocycles. The lowest BCUT2D eigenvalue weighted by molar-refractivity contribution is -0.141. The van der Waals surface area contributed by atoms with Crippen LogP contribution in [0.15, 0.2) is 24.3 Å². The van der Waals surface area contributed by atoms with E-state index >= 15 is 0 Å². The molecule has 0 spiro atoms. The largest absolute Gasteiger partial charge is 0.480 e. The molecule has 1 heterocycles. The third-order valence-electron chi connectivity index (χ3n) is 3.22. The fourth-order valence-electron chi connectivity index (χ4n) is 2.22. The van der Waals surface area contributed by atoms with Gasteiger partial charge in [-0.1, -0.05) is 6.07 Å². The average Bonchev–Trinajstić information content (AvgIpc) is 2.81. The van der Waals surface area contributed by atoms with Gasteiger partial charge in [0.2, 0.25) is 5.91 Å². The van der Waals surface area contributed by atoms with Crippen molar-refractivity contribution in [2.75, 3.05) is 11.9 Å². The summed E-state index contributed by atoms with van der Waals surface area (Å²) in [6, 6.07) is 4.26. The van der Waals surface area contributed by atoms with Crippen molar-refractivity contribution < 1.29 is 24.6 Å². The van der Waals surface area contributed by atoms with Crippen molar-refractivity contribution in [2.24, 2.45) is 5.73 Å². The van der Waals surface area contributed by atoms with Crippen LogP contribution in [-0.2, 0) is 4.79 Å². The van der Waals surface area contributed by atoms with Crippen molar-refractivity contribution in [2.45, 2.75) is 18.6 Å². The number of carbonyl (C=O) groups excluding carboxylic acids is 2. The van der Waals surface area contributed by atoms with Gasteiger partial charge in [-0.05, 0) is 18.2 Å². The zero-order valence-electron chi connectivity index (χ0n) is 11.0. The van der Waals surface area contributed by atoms with E-state index < -0.39 is 30.1 Å². The monoisotopic (exact) mass is 293 g/mol. The second-order valence-corrected chi connectivity index (χ2v) is 4.77. The van der Waals surface area contributed by atoms with Gasteiger partial charge in [0.05, 0.1) is 6.10 Å². The first-order valence-corrected chi connectivity index (χ1v) is 6.27. The first-order chi connectivity index (χ1) is 9.88. The zero-order valence-corrected chi connectivity index (χ0v) is 11.0. The predicted molar refractivity (Wildman–Crippen MR) is 72.7 cm³/mol. The molecule has 3 amide bonds. The van der Waals surface area contributed by atoms with Gasteiger partial charge in [-0.25, -0.2) is 9.59 Å². The summed E-state index contributed by atoms with van der Waals surface area (Å²) in [4.78, 5) is 35.3. The van der Waals surface area contributed by atoms with Crippen LogP contribution >= 0.6 is 0 Å². The Morgan fingerprint density at radius 3 is 2.67 bits per heavy atom. The maximum Gasteiger partial charge on any atom is 0.326 e. The molecule has 1 saturated heterocycles. The molecular weight excluding hydrogens is 278 g/mol. The van der Waals surface area contributed by atoms with Crippen LogP contribution in [0.3, 0.4) is 0 Å². The van der Waals surface area contributed by atoms with Gasteiger partial charge < -0.3 is 26.2 Å². The molecule has 0 radical (unpaired) electrons. The highest BCUT2D eigenvalue weighted by molar-refractivity contribution is 5.96. The summed E-state index contributed by atoms with van der Waals surface area (Å²) in [6.45, 7) is -0.0572. The summed E-state index contributed by atoms with van der Waals surface area (Å²) in [5.74, 6) is -1.81. The van der Waals surface area contributed by atoms with Crippen LogP contribution in [0.1, 0.15) is 16.8 Å². The van der Waals surface area contributed by atoms with Gasteiger partial charge >= 0.3 is 12.0 Å². The summed E-state index contributed by atoms with van der Waals surface area (Å²) in [5, 5.41) is 21.0. The second-order valence-electron chi connectivity index (χ2n) is 4.77. The highest BCUT2D eigenvalue weighted by Gasteiger charge is 2.38. The number of benzene rings is 1. The first kappa shape index (κ1) is 14.8. The van der Waals surface area contributed by atoms with Gasteiger partial charge in [0.25, 0.3) is 0 Å². The number of aliphatic hydroxyl groups excluding tert-OH is 1. The number of aliphatic hydroxyl groups is 1. The average molecular weight is 293 g/mol. The van der Waals surface area contributed by atoms with E-state index in [9.17, 15) is 19.5 Å². The molecule has 2 rings (SSSR count). The quantitative estimate of drug-likeness (QED) is 0.614. The second kappa shape index (κ2) is 5.80. The fourth-order valence-corrected chi connectivity index (χ4v) is 2.22. The lowest BCUT2D eigenvalue weighted by Gasteiger charge is -2.21. The number of hydrogen-bond donors (Lipinski definition) is 4. The van der Waals surface area contributed by atoms with Crippen LogP contribution in [0.2, 0.25) is 0 Å². The molecule has 1 aliphatic heterocycles. The molecule has 0 unspecified atom stereocenters. The van der Waals surface area contributed by atoms with Crippen molar-refractivity contribution in [1.29, 1.82) is 0 Å². The maximum atomic E-state index is 12.1. The number of rotatable bonds is 3. The minimum atomic E-state index is -1.17. The van der Waals surface area contributed by atoms with E-state index in [4.69, 9.17) is 10.8 Å². The summed E-state index contributed by atoms with van der Waals surface area (Å²) < 4.78 is 0. The number of primary amides is 1. The number of carboxylic acids is 1. The van der Waals surface area contributed by atoms with Crippen LogP contribution in [0.4, 0.5) is 10.5 Å². The van der Waals surface area contributed by atoms with Crippen LogP contribution < -0.4 is 11.1 Å². The number of anilines is 1. The Balaban J connectivity index is 2.12. The van der Waals surface area contributed by atoms with Crippen molar-refractivity contribution in [3.05, 3.63) is 29.8 Å². The number of nitrogens with zero attached hydrogens (tertiary/aromatic N) is 1. The van der Waals surface area contributed by atoms with E-state index in [1.54, 1.807) is 12.1 Å². The third kappa shape index (κ3) is 3.29. The minimum Gasteiger partial charge on any atom is -0.480 e. The number of aliphatic carboxylic acids is 1. The molecule has 112 valence electrons. The van der Waals surface area contributed by atoms with E-state index in [1.165, 1.54) is 12.1 Å². The zero-order chi connectivity index (χ0) is 15.6. The normalized spacial score (nSPS) is 21.1. The lowest BCUT2D eigenvalue weighted by atomic mass is 10.2. The third-order valence-corrected chi connectivity index (χ3v) is 3.22. The number of carbonyl (C=O) groups is 3. The molecule has 0 saturated carbocycles. The number of hydrogen-bond acceptors (Lipinski definition) is 4. The van der Waals surface area contributed by atoms with E-state index in [-0.39, 0.29) is 18.5 Å². The molecule has 1 aliphatic rings. The molecule has 8 nitrogen and oxygen atoms in total. The summed E-state index contributed by atoms with van der Waals surface area (Å²) in [5.41, 5.74) is 5.69. The van der Waals surface area contributed by atoms with E-state index in [0.29, 0.717) is 5.69 Å². The Hall–Kier alpha value is -2.61. The number of amides is 3. The Morgan fingerprint density at radius 1 is 1.33 bits per heavy atom. The van der Waals surface area contributed by atoms with Crippen LogP contribution in [-0.4, -0.2) is 51.7 Å². The number of β-amino-alcohol motifs (C(OH)–C–C–N with tert-alkyl or cyclic N) is 1. The molecule has 0 aromatic heterocycles. The summed E-state index contributed by atoms with van der Waals surface area (Å²) in [6.07, 6.45) is -0.877. The van der Waals surface area contributed by atoms with Crippen molar-refractivity contribution in [3.63, 3.8) is 0 Å². The number of carboxylic acid groups (broad SMARTS) is 1. The standard InChI is InChI=1S/C13H15N3O5/c14-11(18)7-2-1-3-8(4-7)15-13(21)16-6-9(17)5-10(16)12(19)20/h1-4,9-10,17H,5-6H2,(H2,14,18)(H,15,21)(H,19,20)/t9-,10-/m0/s1. The van der Waals surface area contributed by atoms with Crippen molar-refractivity contribution in [3.8, 4) is 0 Å². The van der Waals surface area contributed by atoms with Gasteiger partial charge in [0.15, 0.2) is 0 Å². The van der Waals surface area contributed by atoms with Gasteiger partial charge in [-0.3, -0.25) is 4.79 Å². The smallest absolute Gasteiger partial charge is 0.326 e. The minimum absolute atomic E-state index is 0.00984. The van der Waals surface area contributed by atoms with Crippen molar-refractivity contribution >= 4 is 23.6 Å². The number of likely N-dealkylation sites (tertiary alicyclic amines) is 1. The number of nitrogens with one attached hydrogen (secondary N) is 1. The van der Waals surface area contributed by atoms with E-state index in [2.05, 4.69) is 5.32 Å². The molecule has 1 aromatic rings. The first-order valence-electron chi connectivity index (χ1n) is 6.27. The molecule has 21 heavy (non-hydrogen) atoms. The number of nitrogens with two attached hydrogens (primary N) is 1. The molecule has 2 atom stereocenters. The molecule has 0 bridgehead atoms. The molecule has 1 aromatic carbocycles. The maximum absolute atomic E-state index is 12.1. The SMILES string of the molecule is NC(=O)c1cccc(NC(=O)N2C[C@@H](O)C[C@H]2C(=O)O)c1. The van der Waals surface area contributed by atoms with Crippen molar-refractivity contribution in [1.82, 2.24) is 4.90 Å². The Bertz CT molecular complexity index is 589. The molecular formula is C13H15N3O5. The molecule has 5 N–H and O–H groups in total. The highest BCUT2D eigenvalue weighted by Crippen LogP contribution is 2.20. The molecule has 8 heteroatoms. The number of urea groups is 1. The van der Waals surface area contributed by atoms with Crippen LogP contribution in [0.25, 0.3) is 0 Å². The Labute approximate surface area is 120 Å². The fraction of sp³-hybridized carbons (Fsp3) is 0.308. The predicted octanol–water partition coefficient (Wildman–Crippen LogP) is -0.163. The summed E-state index contributed by atoms with van der Waals surface area (Å²) >= 11 is 0. The Kier molecular flexibility index (Phi) is 4.08.